The highest BCUT2D eigenvalue weighted by Gasteiger charge is 2.15. The zero-order valence-electron chi connectivity index (χ0n) is 11.0. The second-order valence-electron chi connectivity index (χ2n) is 4.09. The van der Waals surface area contributed by atoms with Gasteiger partial charge in [0.15, 0.2) is 0 Å². The molecule has 0 radical (unpaired) electrons. The lowest BCUT2D eigenvalue weighted by Gasteiger charge is -2.10. The SMILES string of the molecule is COc1ccc(S(=O)(=O)Nc2ccc(C#N)cc2Br)cc1. The van der Waals surface area contributed by atoms with Crippen molar-refractivity contribution < 1.29 is 13.2 Å². The topological polar surface area (TPSA) is 79.2 Å². The van der Waals surface area contributed by atoms with E-state index in [0.29, 0.717) is 21.5 Å². The Hall–Kier alpha value is -2.04. The maximum atomic E-state index is 12.3. The van der Waals surface area contributed by atoms with Crippen LogP contribution in [0.1, 0.15) is 5.56 Å². The Bertz CT molecular complexity index is 796. The molecule has 0 bridgehead atoms. The van der Waals surface area contributed by atoms with Crippen molar-refractivity contribution in [3.63, 3.8) is 0 Å². The molecule has 0 aliphatic heterocycles. The number of nitriles is 1. The summed E-state index contributed by atoms with van der Waals surface area (Å²) in [6, 6.07) is 12.7. The fourth-order valence-corrected chi connectivity index (χ4v) is 3.31. The number of sulfonamides is 1. The molecule has 0 aliphatic carbocycles. The van der Waals surface area contributed by atoms with Crippen LogP contribution >= 0.6 is 15.9 Å². The van der Waals surface area contributed by atoms with Crippen LogP contribution in [0.15, 0.2) is 51.8 Å². The van der Waals surface area contributed by atoms with E-state index in [1.54, 1.807) is 18.2 Å². The Morgan fingerprint density at radius 1 is 1.19 bits per heavy atom. The standard InChI is InChI=1S/C14H11BrN2O3S/c1-20-11-3-5-12(6-4-11)21(18,19)17-14-7-2-10(9-16)8-13(14)15/h2-8,17H,1H3. The number of nitrogens with zero attached hydrogens (tertiary/aromatic N) is 1. The minimum absolute atomic E-state index is 0.125. The zero-order valence-corrected chi connectivity index (χ0v) is 13.4. The highest BCUT2D eigenvalue weighted by Crippen LogP contribution is 2.26. The average Bonchev–Trinajstić information content (AvgIpc) is 2.49. The van der Waals surface area contributed by atoms with Crippen LogP contribution in [0.25, 0.3) is 0 Å². The summed E-state index contributed by atoms with van der Waals surface area (Å²) >= 11 is 3.24. The van der Waals surface area contributed by atoms with E-state index in [-0.39, 0.29) is 4.90 Å². The third kappa shape index (κ3) is 3.54. The quantitative estimate of drug-likeness (QED) is 0.901. The third-order valence-electron chi connectivity index (χ3n) is 2.71. The summed E-state index contributed by atoms with van der Waals surface area (Å²) in [5.41, 5.74) is 0.805. The number of rotatable bonds is 4. The summed E-state index contributed by atoms with van der Waals surface area (Å²) in [6.45, 7) is 0. The van der Waals surface area contributed by atoms with Crippen molar-refractivity contribution in [3.05, 3.63) is 52.5 Å². The Morgan fingerprint density at radius 3 is 2.38 bits per heavy atom. The van der Waals surface area contributed by atoms with Crippen LogP contribution in [0.2, 0.25) is 0 Å². The number of hydrogen-bond acceptors (Lipinski definition) is 4. The molecule has 0 atom stereocenters. The van der Waals surface area contributed by atoms with E-state index in [1.165, 1.54) is 31.4 Å². The third-order valence-corrected chi connectivity index (χ3v) is 4.75. The highest BCUT2D eigenvalue weighted by molar-refractivity contribution is 9.10. The van der Waals surface area contributed by atoms with Crippen molar-refractivity contribution in [2.45, 2.75) is 4.90 Å². The lowest BCUT2D eigenvalue weighted by molar-refractivity contribution is 0.414. The van der Waals surface area contributed by atoms with Crippen LogP contribution < -0.4 is 9.46 Å². The van der Waals surface area contributed by atoms with Crippen LogP contribution in [-0.2, 0) is 10.0 Å². The molecule has 0 fully saturated rings. The first-order valence-electron chi connectivity index (χ1n) is 5.83. The van der Waals surface area contributed by atoms with Crippen molar-refractivity contribution in [2.75, 3.05) is 11.8 Å². The fourth-order valence-electron chi connectivity index (χ4n) is 1.63. The van der Waals surface area contributed by atoms with Gasteiger partial charge < -0.3 is 4.74 Å². The van der Waals surface area contributed by atoms with Gasteiger partial charge in [-0.15, -0.1) is 0 Å². The van der Waals surface area contributed by atoms with Gasteiger partial charge in [-0.1, -0.05) is 0 Å². The number of nitrogens with one attached hydrogen (secondary N) is 1. The first kappa shape index (κ1) is 15.4. The number of ether oxygens (including phenoxy) is 1. The summed E-state index contributed by atoms with van der Waals surface area (Å²) < 4.78 is 32.5. The van der Waals surface area contributed by atoms with E-state index in [4.69, 9.17) is 10.00 Å². The number of halogens is 1. The lowest BCUT2D eigenvalue weighted by Crippen LogP contribution is -2.13. The molecular formula is C14H11BrN2O3S. The van der Waals surface area contributed by atoms with Gasteiger partial charge in [0, 0.05) is 4.47 Å². The molecule has 0 saturated heterocycles. The minimum Gasteiger partial charge on any atom is -0.497 e. The molecule has 0 saturated carbocycles. The largest absolute Gasteiger partial charge is 0.497 e. The molecule has 0 unspecified atom stereocenters. The molecular weight excluding hydrogens is 356 g/mol. The van der Waals surface area contributed by atoms with Gasteiger partial charge in [0.05, 0.1) is 29.3 Å². The van der Waals surface area contributed by atoms with Crippen LogP contribution in [0.4, 0.5) is 5.69 Å². The molecule has 5 nitrogen and oxygen atoms in total. The molecule has 2 rings (SSSR count). The normalized spacial score (nSPS) is 10.7. The second kappa shape index (κ2) is 6.16. The lowest BCUT2D eigenvalue weighted by atomic mass is 10.2. The van der Waals surface area contributed by atoms with E-state index in [9.17, 15) is 8.42 Å². The van der Waals surface area contributed by atoms with Gasteiger partial charge >= 0.3 is 0 Å². The number of methoxy groups -OCH3 is 1. The van der Waals surface area contributed by atoms with Crippen LogP contribution in [0, 0.1) is 11.3 Å². The zero-order chi connectivity index (χ0) is 15.5. The van der Waals surface area contributed by atoms with E-state index >= 15 is 0 Å². The smallest absolute Gasteiger partial charge is 0.261 e. The average molecular weight is 367 g/mol. The van der Waals surface area contributed by atoms with Crippen molar-refractivity contribution >= 4 is 31.6 Å². The van der Waals surface area contributed by atoms with Gasteiger partial charge in [-0.05, 0) is 58.4 Å². The molecule has 0 spiro atoms. The van der Waals surface area contributed by atoms with Crippen LogP contribution in [0.3, 0.4) is 0 Å². The summed E-state index contributed by atoms with van der Waals surface area (Å²) in [4.78, 5) is 0.125. The maximum Gasteiger partial charge on any atom is 0.261 e. The first-order valence-corrected chi connectivity index (χ1v) is 8.10. The monoisotopic (exact) mass is 366 g/mol. The van der Waals surface area contributed by atoms with Gasteiger partial charge in [0.1, 0.15) is 5.75 Å². The molecule has 2 aromatic rings. The van der Waals surface area contributed by atoms with Gasteiger partial charge in [0.2, 0.25) is 0 Å². The molecule has 2 aromatic carbocycles. The van der Waals surface area contributed by atoms with Crippen molar-refractivity contribution in [1.29, 1.82) is 5.26 Å². The second-order valence-corrected chi connectivity index (χ2v) is 6.62. The van der Waals surface area contributed by atoms with E-state index < -0.39 is 10.0 Å². The van der Waals surface area contributed by atoms with Gasteiger partial charge in [-0.3, -0.25) is 4.72 Å². The van der Waals surface area contributed by atoms with Gasteiger partial charge in [-0.2, -0.15) is 5.26 Å². The van der Waals surface area contributed by atoms with Crippen molar-refractivity contribution in [2.24, 2.45) is 0 Å². The highest BCUT2D eigenvalue weighted by atomic mass is 79.9. The summed E-state index contributed by atoms with van der Waals surface area (Å²) in [6.07, 6.45) is 0. The minimum atomic E-state index is -3.70. The fraction of sp³-hybridized carbons (Fsp3) is 0.0714. The summed E-state index contributed by atoms with van der Waals surface area (Å²) in [5, 5.41) is 8.79. The molecule has 21 heavy (non-hydrogen) atoms. The summed E-state index contributed by atoms with van der Waals surface area (Å²) in [5.74, 6) is 0.577. The molecule has 0 heterocycles. The Morgan fingerprint density at radius 2 is 1.86 bits per heavy atom. The number of hydrogen-bond donors (Lipinski definition) is 1. The van der Waals surface area contributed by atoms with Crippen molar-refractivity contribution in [1.82, 2.24) is 0 Å². The van der Waals surface area contributed by atoms with Gasteiger partial charge in [0.25, 0.3) is 10.0 Å². The molecule has 0 amide bonds. The molecule has 0 aliphatic rings. The number of anilines is 1. The molecule has 0 aromatic heterocycles. The van der Waals surface area contributed by atoms with Crippen molar-refractivity contribution in [3.8, 4) is 11.8 Å². The Labute approximate surface area is 131 Å². The number of benzene rings is 2. The Balaban J connectivity index is 2.30. The van der Waals surface area contributed by atoms with E-state index in [1.807, 2.05) is 6.07 Å². The predicted octanol–water partition coefficient (Wildman–Crippen LogP) is 3.13. The Kier molecular flexibility index (Phi) is 4.50. The summed E-state index contributed by atoms with van der Waals surface area (Å²) in [7, 11) is -2.19. The maximum absolute atomic E-state index is 12.3. The van der Waals surface area contributed by atoms with Crippen LogP contribution in [-0.4, -0.2) is 15.5 Å². The van der Waals surface area contributed by atoms with E-state index in [2.05, 4.69) is 20.7 Å². The first-order chi connectivity index (χ1) is 9.96. The van der Waals surface area contributed by atoms with E-state index in [0.717, 1.165) is 0 Å². The predicted molar refractivity (Wildman–Crippen MR) is 82.7 cm³/mol. The van der Waals surface area contributed by atoms with Crippen LogP contribution in [0.5, 0.6) is 5.75 Å². The molecule has 108 valence electrons. The van der Waals surface area contributed by atoms with Gasteiger partial charge in [-0.25, -0.2) is 8.42 Å². The molecule has 7 heteroatoms. The molecule has 1 N–H and O–H groups in total.